The van der Waals surface area contributed by atoms with Gasteiger partial charge in [-0.2, -0.15) is 0 Å². The number of benzene rings is 1. The van der Waals surface area contributed by atoms with Crippen LogP contribution in [0.5, 0.6) is 0 Å². The standard InChI is InChI=1S/C11H12N2O3/c14-10-7-16-6-9(13-10)11(15)12-8-4-2-1-3-5-8/h1-5,9H,6-7H2,(H,12,15)(H,13,14). The van der Waals surface area contributed by atoms with Crippen molar-refractivity contribution in [2.45, 2.75) is 6.04 Å². The van der Waals surface area contributed by atoms with E-state index >= 15 is 0 Å². The molecule has 5 heteroatoms. The van der Waals surface area contributed by atoms with Gasteiger partial charge in [-0.15, -0.1) is 0 Å². The Morgan fingerprint density at radius 1 is 1.38 bits per heavy atom. The van der Waals surface area contributed by atoms with Crippen LogP contribution in [0.4, 0.5) is 5.69 Å². The summed E-state index contributed by atoms with van der Waals surface area (Å²) in [5.41, 5.74) is 0.701. The monoisotopic (exact) mass is 220 g/mol. The second kappa shape index (κ2) is 4.76. The van der Waals surface area contributed by atoms with Crippen LogP contribution < -0.4 is 10.6 Å². The molecular formula is C11H12N2O3. The number of hydrogen-bond donors (Lipinski definition) is 2. The molecule has 0 aliphatic carbocycles. The van der Waals surface area contributed by atoms with Crippen LogP contribution in [0.1, 0.15) is 0 Å². The molecule has 84 valence electrons. The zero-order valence-corrected chi connectivity index (χ0v) is 8.60. The molecule has 2 amide bonds. The summed E-state index contributed by atoms with van der Waals surface area (Å²) >= 11 is 0. The molecular weight excluding hydrogens is 208 g/mol. The highest BCUT2D eigenvalue weighted by atomic mass is 16.5. The highest BCUT2D eigenvalue weighted by Crippen LogP contribution is 2.06. The average molecular weight is 220 g/mol. The topological polar surface area (TPSA) is 67.4 Å². The number of morpholine rings is 1. The van der Waals surface area contributed by atoms with Gasteiger partial charge < -0.3 is 15.4 Å². The Balaban J connectivity index is 1.95. The van der Waals surface area contributed by atoms with Crippen molar-refractivity contribution in [3.05, 3.63) is 30.3 Å². The third-order valence-corrected chi connectivity index (χ3v) is 2.21. The van der Waals surface area contributed by atoms with Crippen LogP contribution in [-0.4, -0.2) is 31.1 Å². The zero-order chi connectivity index (χ0) is 11.4. The Morgan fingerprint density at radius 2 is 2.12 bits per heavy atom. The number of carbonyl (C=O) groups is 2. The maximum absolute atomic E-state index is 11.7. The van der Waals surface area contributed by atoms with Crippen molar-refractivity contribution in [2.24, 2.45) is 0 Å². The van der Waals surface area contributed by atoms with Crippen LogP contribution >= 0.6 is 0 Å². The maximum Gasteiger partial charge on any atom is 0.249 e. The highest BCUT2D eigenvalue weighted by Gasteiger charge is 2.25. The van der Waals surface area contributed by atoms with Gasteiger partial charge in [0, 0.05) is 5.69 Å². The minimum absolute atomic E-state index is 0.0229. The van der Waals surface area contributed by atoms with Gasteiger partial charge in [-0.3, -0.25) is 9.59 Å². The molecule has 1 aromatic rings. The Morgan fingerprint density at radius 3 is 2.81 bits per heavy atom. The third-order valence-electron chi connectivity index (χ3n) is 2.21. The van der Waals surface area contributed by atoms with Gasteiger partial charge in [-0.25, -0.2) is 0 Å². The Bertz CT molecular complexity index is 391. The van der Waals surface area contributed by atoms with Gasteiger partial charge in [0.05, 0.1) is 6.61 Å². The maximum atomic E-state index is 11.7. The molecule has 1 atom stereocenters. The summed E-state index contributed by atoms with van der Waals surface area (Å²) in [6.07, 6.45) is 0. The van der Waals surface area contributed by atoms with Crippen LogP contribution in [0.3, 0.4) is 0 Å². The first-order valence-electron chi connectivity index (χ1n) is 4.99. The Labute approximate surface area is 92.8 Å². The Hall–Kier alpha value is -1.88. The van der Waals surface area contributed by atoms with E-state index in [2.05, 4.69) is 10.6 Å². The predicted molar refractivity (Wildman–Crippen MR) is 57.8 cm³/mol. The second-order valence-corrected chi connectivity index (χ2v) is 3.49. The van der Waals surface area contributed by atoms with E-state index in [1.54, 1.807) is 12.1 Å². The van der Waals surface area contributed by atoms with Crippen LogP contribution in [-0.2, 0) is 14.3 Å². The van der Waals surface area contributed by atoms with Crippen molar-refractivity contribution in [1.29, 1.82) is 0 Å². The van der Waals surface area contributed by atoms with Crippen molar-refractivity contribution in [2.75, 3.05) is 18.5 Å². The van der Waals surface area contributed by atoms with Crippen LogP contribution in [0.2, 0.25) is 0 Å². The molecule has 0 radical (unpaired) electrons. The van der Waals surface area contributed by atoms with E-state index in [1.165, 1.54) is 0 Å². The van der Waals surface area contributed by atoms with E-state index in [0.29, 0.717) is 5.69 Å². The summed E-state index contributed by atoms with van der Waals surface area (Å²) in [4.78, 5) is 22.7. The number of amides is 2. The van der Waals surface area contributed by atoms with E-state index < -0.39 is 6.04 Å². The first-order chi connectivity index (χ1) is 7.75. The number of carbonyl (C=O) groups excluding carboxylic acids is 2. The van der Waals surface area contributed by atoms with Gasteiger partial charge in [-0.05, 0) is 12.1 Å². The molecule has 0 bridgehead atoms. The largest absolute Gasteiger partial charge is 0.369 e. The minimum Gasteiger partial charge on any atom is -0.369 e. The molecule has 0 spiro atoms. The number of rotatable bonds is 2. The van der Waals surface area contributed by atoms with Crippen molar-refractivity contribution in [3.8, 4) is 0 Å². The van der Waals surface area contributed by atoms with E-state index in [4.69, 9.17) is 4.74 Å². The second-order valence-electron chi connectivity index (χ2n) is 3.49. The van der Waals surface area contributed by atoms with Crippen molar-refractivity contribution >= 4 is 17.5 Å². The van der Waals surface area contributed by atoms with Gasteiger partial charge in [0.2, 0.25) is 11.8 Å². The fourth-order valence-electron chi connectivity index (χ4n) is 1.44. The van der Waals surface area contributed by atoms with E-state index in [1.807, 2.05) is 18.2 Å². The van der Waals surface area contributed by atoms with Gasteiger partial charge in [0.25, 0.3) is 0 Å². The summed E-state index contributed by atoms with van der Waals surface area (Å²) in [7, 11) is 0. The number of para-hydroxylation sites is 1. The van der Waals surface area contributed by atoms with E-state index in [9.17, 15) is 9.59 Å². The molecule has 1 aromatic carbocycles. The molecule has 1 heterocycles. The lowest BCUT2D eigenvalue weighted by molar-refractivity contribution is -0.136. The van der Waals surface area contributed by atoms with Crippen molar-refractivity contribution < 1.29 is 14.3 Å². The summed E-state index contributed by atoms with van der Waals surface area (Å²) in [6, 6.07) is 8.46. The molecule has 1 fully saturated rings. The van der Waals surface area contributed by atoms with E-state index in [-0.39, 0.29) is 25.0 Å². The third kappa shape index (κ3) is 2.58. The Kier molecular flexibility index (Phi) is 3.16. The molecule has 16 heavy (non-hydrogen) atoms. The quantitative estimate of drug-likeness (QED) is 0.745. The molecule has 0 saturated carbocycles. The lowest BCUT2D eigenvalue weighted by atomic mass is 10.2. The smallest absolute Gasteiger partial charge is 0.249 e. The molecule has 0 aromatic heterocycles. The van der Waals surface area contributed by atoms with Crippen LogP contribution in [0.15, 0.2) is 30.3 Å². The molecule has 1 saturated heterocycles. The van der Waals surface area contributed by atoms with E-state index in [0.717, 1.165) is 0 Å². The zero-order valence-electron chi connectivity index (χ0n) is 8.60. The lowest BCUT2D eigenvalue weighted by Gasteiger charge is -2.22. The normalized spacial score (nSPS) is 20.0. The first kappa shape index (κ1) is 10.6. The summed E-state index contributed by atoms with van der Waals surface area (Å²) < 4.78 is 4.98. The summed E-state index contributed by atoms with van der Waals surface area (Å²) in [5, 5.41) is 5.26. The molecule has 5 nitrogen and oxygen atoms in total. The molecule has 2 N–H and O–H groups in total. The number of hydrogen-bond acceptors (Lipinski definition) is 3. The molecule has 1 aliphatic rings. The minimum atomic E-state index is -0.610. The highest BCUT2D eigenvalue weighted by molar-refractivity contribution is 5.97. The number of ether oxygens (including phenoxy) is 1. The van der Waals surface area contributed by atoms with Crippen molar-refractivity contribution in [3.63, 3.8) is 0 Å². The molecule has 1 aliphatic heterocycles. The number of anilines is 1. The average Bonchev–Trinajstić information content (AvgIpc) is 2.30. The lowest BCUT2D eigenvalue weighted by Crippen LogP contribution is -2.51. The van der Waals surface area contributed by atoms with Gasteiger partial charge >= 0.3 is 0 Å². The summed E-state index contributed by atoms with van der Waals surface area (Å²) in [6.45, 7) is 0.236. The molecule has 2 rings (SSSR count). The first-order valence-corrected chi connectivity index (χ1v) is 4.99. The van der Waals surface area contributed by atoms with Gasteiger partial charge in [0.15, 0.2) is 0 Å². The van der Waals surface area contributed by atoms with Gasteiger partial charge in [-0.1, -0.05) is 18.2 Å². The fourth-order valence-corrected chi connectivity index (χ4v) is 1.44. The van der Waals surface area contributed by atoms with Crippen LogP contribution in [0.25, 0.3) is 0 Å². The van der Waals surface area contributed by atoms with Gasteiger partial charge in [0.1, 0.15) is 12.6 Å². The van der Waals surface area contributed by atoms with Crippen LogP contribution in [0, 0.1) is 0 Å². The summed E-state index contributed by atoms with van der Waals surface area (Å²) in [5.74, 6) is -0.529. The fraction of sp³-hybridized carbons (Fsp3) is 0.273. The molecule has 1 unspecified atom stereocenters. The predicted octanol–water partition coefficient (Wildman–Crippen LogP) is 0.140. The number of nitrogens with one attached hydrogen (secondary N) is 2. The van der Waals surface area contributed by atoms with Crippen molar-refractivity contribution in [1.82, 2.24) is 5.32 Å². The SMILES string of the molecule is O=C1COCC(C(=O)Nc2ccccc2)N1.